The minimum atomic E-state index is 0.0500. The smallest absolute Gasteiger partial charge is 0.253 e. The number of piperidine rings is 1. The number of hydrogen-bond donors (Lipinski definition) is 0. The fourth-order valence-electron chi connectivity index (χ4n) is 2.82. The van der Waals surface area contributed by atoms with E-state index in [1.807, 2.05) is 43.0 Å². The third-order valence-corrected chi connectivity index (χ3v) is 4.03. The largest absolute Gasteiger partial charge is 0.491 e. The average Bonchev–Trinajstić information content (AvgIpc) is 2.63. The van der Waals surface area contributed by atoms with Gasteiger partial charge in [0.2, 0.25) is 5.88 Å². The molecule has 2 aromatic rings. The maximum atomic E-state index is 12.6. The molecule has 0 bridgehead atoms. The molecule has 0 aliphatic carbocycles. The Hall–Kier alpha value is -2.63. The molecule has 0 N–H and O–H groups in total. The molecular weight excluding hydrogens is 318 g/mol. The van der Waals surface area contributed by atoms with Crippen LogP contribution in [0.25, 0.3) is 0 Å². The van der Waals surface area contributed by atoms with E-state index in [2.05, 4.69) is 9.97 Å². The van der Waals surface area contributed by atoms with E-state index in [4.69, 9.17) is 9.47 Å². The zero-order valence-corrected chi connectivity index (χ0v) is 14.6. The first kappa shape index (κ1) is 17.2. The van der Waals surface area contributed by atoms with Crippen LogP contribution >= 0.6 is 0 Å². The maximum absolute atomic E-state index is 12.6. The van der Waals surface area contributed by atoms with Crippen LogP contribution < -0.4 is 9.47 Å². The summed E-state index contributed by atoms with van der Waals surface area (Å²) in [4.78, 5) is 22.6. The standard InChI is InChI=1S/C19H23N3O3/c1-14(2)24-16-5-3-15(4-6-16)19(23)22-11-7-17(8-12-22)25-18-13-20-9-10-21-18/h3-6,9-10,13-14,17H,7-8,11-12H2,1-2H3. The van der Waals surface area contributed by atoms with Crippen LogP contribution in [-0.2, 0) is 0 Å². The second-order valence-electron chi connectivity index (χ2n) is 6.34. The van der Waals surface area contributed by atoms with E-state index in [-0.39, 0.29) is 18.1 Å². The van der Waals surface area contributed by atoms with Crippen molar-refractivity contribution in [1.29, 1.82) is 0 Å². The zero-order chi connectivity index (χ0) is 17.6. The van der Waals surface area contributed by atoms with Gasteiger partial charge in [0.05, 0.1) is 12.3 Å². The molecule has 0 atom stereocenters. The van der Waals surface area contributed by atoms with Crippen molar-refractivity contribution in [1.82, 2.24) is 14.9 Å². The lowest BCUT2D eigenvalue weighted by atomic mass is 10.1. The number of amides is 1. The molecule has 132 valence electrons. The summed E-state index contributed by atoms with van der Waals surface area (Å²) in [6.45, 7) is 5.31. The van der Waals surface area contributed by atoms with E-state index in [9.17, 15) is 4.79 Å². The lowest BCUT2D eigenvalue weighted by Crippen LogP contribution is -2.41. The van der Waals surface area contributed by atoms with Crippen LogP contribution in [-0.4, -0.2) is 46.1 Å². The molecule has 1 aromatic heterocycles. The van der Waals surface area contributed by atoms with Gasteiger partial charge in [-0.3, -0.25) is 9.78 Å². The highest BCUT2D eigenvalue weighted by Gasteiger charge is 2.25. The van der Waals surface area contributed by atoms with Crippen molar-refractivity contribution in [3.05, 3.63) is 48.4 Å². The third kappa shape index (κ3) is 4.68. The van der Waals surface area contributed by atoms with Crippen molar-refractivity contribution in [3.63, 3.8) is 0 Å². The second kappa shape index (κ2) is 7.96. The number of aromatic nitrogens is 2. The van der Waals surface area contributed by atoms with Gasteiger partial charge in [-0.1, -0.05) is 0 Å². The van der Waals surface area contributed by atoms with Gasteiger partial charge in [0.15, 0.2) is 0 Å². The van der Waals surface area contributed by atoms with Gasteiger partial charge in [-0.25, -0.2) is 4.98 Å². The number of likely N-dealkylation sites (tertiary alicyclic amines) is 1. The molecule has 2 heterocycles. The fourth-order valence-corrected chi connectivity index (χ4v) is 2.82. The summed E-state index contributed by atoms with van der Waals surface area (Å²) in [5.74, 6) is 1.37. The number of rotatable bonds is 5. The van der Waals surface area contributed by atoms with Crippen LogP contribution in [0.4, 0.5) is 0 Å². The molecule has 0 spiro atoms. The van der Waals surface area contributed by atoms with Crippen molar-refractivity contribution in [2.24, 2.45) is 0 Å². The van der Waals surface area contributed by atoms with Gasteiger partial charge in [-0.05, 0) is 38.1 Å². The van der Waals surface area contributed by atoms with Gasteiger partial charge in [0.25, 0.3) is 5.91 Å². The monoisotopic (exact) mass is 341 g/mol. The van der Waals surface area contributed by atoms with Gasteiger partial charge in [0.1, 0.15) is 11.9 Å². The third-order valence-electron chi connectivity index (χ3n) is 4.03. The van der Waals surface area contributed by atoms with Crippen molar-refractivity contribution >= 4 is 5.91 Å². The first-order valence-corrected chi connectivity index (χ1v) is 8.60. The Balaban J connectivity index is 1.52. The molecule has 6 heteroatoms. The molecular formula is C19H23N3O3. The van der Waals surface area contributed by atoms with Crippen molar-refractivity contribution in [3.8, 4) is 11.6 Å². The summed E-state index contributed by atoms with van der Waals surface area (Å²) in [6.07, 6.45) is 6.61. The van der Waals surface area contributed by atoms with E-state index < -0.39 is 0 Å². The quantitative estimate of drug-likeness (QED) is 0.836. The summed E-state index contributed by atoms with van der Waals surface area (Å²) >= 11 is 0. The zero-order valence-electron chi connectivity index (χ0n) is 14.6. The number of nitrogens with zero attached hydrogens (tertiary/aromatic N) is 3. The van der Waals surface area contributed by atoms with E-state index in [0.717, 1.165) is 18.6 Å². The Labute approximate surface area is 147 Å². The van der Waals surface area contributed by atoms with Crippen LogP contribution in [0.15, 0.2) is 42.9 Å². The van der Waals surface area contributed by atoms with Crippen molar-refractivity contribution in [2.45, 2.75) is 38.9 Å². The Morgan fingerprint density at radius 1 is 1.16 bits per heavy atom. The minimum Gasteiger partial charge on any atom is -0.491 e. The summed E-state index contributed by atoms with van der Waals surface area (Å²) in [5.41, 5.74) is 0.685. The van der Waals surface area contributed by atoms with Gasteiger partial charge < -0.3 is 14.4 Å². The predicted molar refractivity (Wildman–Crippen MR) is 93.8 cm³/mol. The molecule has 1 saturated heterocycles. The second-order valence-corrected chi connectivity index (χ2v) is 6.34. The highest BCUT2D eigenvalue weighted by molar-refractivity contribution is 5.94. The molecule has 1 aromatic carbocycles. The number of ether oxygens (including phenoxy) is 2. The van der Waals surface area contributed by atoms with Crippen LogP contribution in [0, 0.1) is 0 Å². The Morgan fingerprint density at radius 2 is 1.88 bits per heavy atom. The molecule has 0 saturated carbocycles. The Morgan fingerprint density at radius 3 is 2.48 bits per heavy atom. The molecule has 3 rings (SSSR count). The number of hydrogen-bond acceptors (Lipinski definition) is 5. The SMILES string of the molecule is CC(C)Oc1ccc(C(=O)N2CCC(Oc3cnccn3)CC2)cc1. The lowest BCUT2D eigenvalue weighted by molar-refractivity contribution is 0.0587. The fraction of sp³-hybridized carbons (Fsp3) is 0.421. The van der Waals surface area contributed by atoms with Crippen LogP contribution in [0.1, 0.15) is 37.0 Å². The summed E-state index contributed by atoms with van der Waals surface area (Å²) in [6, 6.07) is 7.33. The molecule has 1 aliphatic rings. The normalized spacial score (nSPS) is 15.2. The highest BCUT2D eigenvalue weighted by atomic mass is 16.5. The van der Waals surface area contributed by atoms with E-state index in [1.54, 1.807) is 18.6 Å². The Bertz CT molecular complexity index is 681. The van der Waals surface area contributed by atoms with Gasteiger partial charge in [-0.2, -0.15) is 0 Å². The van der Waals surface area contributed by atoms with E-state index in [0.29, 0.717) is 24.5 Å². The summed E-state index contributed by atoms with van der Waals surface area (Å²) < 4.78 is 11.4. The Kier molecular flexibility index (Phi) is 5.48. The number of carbonyl (C=O) groups is 1. The molecule has 25 heavy (non-hydrogen) atoms. The topological polar surface area (TPSA) is 64.5 Å². The van der Waals surface area contributed by atoms with E-state index >= 15 is 0 Å². The molecule has 0 radical (unpaired) electrons. The summed E-state index contributed by atoms with van der Waals surface area (Å²) in [5, 5.41) is 0. The van der Waals surface area contributed by atoms with Crippen molar-refractivity contribution in [2.75, 3.05) is 13.1 Å². The number of benzene rings is 1. The average molecular weight is 341 g/mol. The minimum absolute atomic E-state index is 0.0500. The first-order valence-electron chi connectivity index (χ1n) is 8.60. The van der Waals surface area contributed by atoms with Crippen LogP contribution in [0.2, 0.25) is 0 Å². The predicted octanol–water partition coefficient (Wildman–Crippen LogP) is 2.95. The van der Waals surface area contributed by atoms with Crippen LogP contribution in [0.5, 0.6) is 11.6 Å². The molecule has 0 unspecified atom stereocenters. The van der Waals surface area contributed by atoms with Crippen molar-refractivity contribution < 1.29 is 14.3 Å². The van der Waals surface area contributed by atoms with Crippen LogP contribution in [0.3, 0.4) is 0 Å². The highest BCUT2D eigenvalue weighted by Crippen LogP contribution is 2.20. The summed E-state index contributed by atoms with van der Waals surface area (Å²) in [7, 11) is 0. The van der Waals surface area contributed by atoms with Gasteiger partial charge in [-0.15, -0.1) is 0 Å². The molecule has 6 nitrogen and oxygen atoms in total. The number of carbonyl (C=O) groups excluding carboxylic acids is 1. The maximum Gasteiger partial charge on any atom is 0.253 e. The van der Waals surface area contributed by atoms with Gasteiger partial charge >= 0.3 is 0 Å². The first-order chi connectivity index (χ1) is 12.1. The molecule has 1 amide bonds. The lowest BCUT2D eigenvalue weighted by Gasteiger charge is -2.32. The molecule has 1 aliphatic heterocycles. The molecule has 1 fully saturated rings. The van der Waals surface area contributed by atoms with Gasteiger partial charge in [0, 0.05) is 43.9 Å². The van der Waals surface area contributed by atoms with E-state index in [1.165, 1.54) is 0 Å².